The van der Waals surface area contributed by atoms with E-state index in [0.717, 1.165) is 12.2 Å². The summed E-state index contributed by atoms with van der Waals surface area (Å²) >= 11 is 0. The molecule has 0 fully saturated rings. The summed E-state index contributed by atoms with van der Waals surface area (Å²) in [5.41, 5.74) is 1.46. The smallest absolute Gasteiger partial charge is 0.225 e. The molecule has 164 valence electrons. The SMILES string of the molecule is CCCCCCCCCCCCCCCCCCNc1ccc(C(=O)C=O)cc1. The number of Topliss-reactive ketones (excluding diaryl/α,β-unsaturated/α-hetero) is 1. The lowest BCUT2D eigenvalue weighted by Gasteiger charge is -2.07. The number of nitrogens with one attached hydrogen (secondary N) is 1. The molecule has 1 aromatic rings. The van der Waals surface area contributed by atoms with E-state index in [4.69, 9.17) is 0 Å². The maximum absolute atomic E-state index is 11.3. The van der Waals surface area contributed by atoms with Gasteiger partial charge in [-0.2, -0.15) is 0 Å². The van der Waals surface area contributed by atoms with Crippen LogP contribution >= 0.6 is 0 Å². The minimum absolute atomic E-state index is 0.360. The Hall–Kier alpha value is -1.64. The second kappa shape index (κ2) is 18.4. The van der Waals surface area contributed by atoms with Crippen molar-refractivity contribution in [1.82, 2.24) is 0 Å². The summed E-state index contributed by atoms with van der Waals surface area (Å²) in [6.45, 7) is 3.24. The van der Waals surface area contributed by atoms with Gasteiger partial charge in [0.15, 0.2) is 6.29 Å². The van der Waals surface area contributed by atoms with Crippen LogP contribution in [-0.2, 0) is 4.79 Å². The second-order valence-electron chi connectivity index (χ2n) is 8.29. The zero-order valence-electron chi connectivity index (χ0n) is 18.7. The molecule has 29 heavy (non-hydrogen) atoms. The highest BCUT2D eigenvalue weighted by Gasteiger charge is 2.02. The van der Waals surface area contributed by atoms with Crippen molar-refractivity contribution in [3.05, 3.63) is 29.8 Å². The Labute approximate surface area is 179 Å². The molecule has 0 saturated carbocycles. The molecule has 0 radical (unpaired) electrons. The summed E-state index contributed by atoms with van der Waals surface area (Å²) in [7, 11) is 0. The van der Waals surface area contributed by atoms with Crippen LogP contribution in [-0.4, -0.2) is 18.6 Å². The van der Waals surface area contributed by atoms with Crippen molar-refractivity contribution in [2.75, 3.05) is 11.9 Å². The summed E-state index contributed by atoms with van der Waals surface area (Å²) in [4.78, 5) is 21.7. The largest absolute Gasteiger partial charge is 0.385 e. The molecule has 3 nitrogen and oxygen atoms in total. The van der Waals surface area contributed by atoms with E-state index in [9.17, 15) is 9.59 Å². The third-order valence-corrected chi connectivity index (χ3v) is 5.64. The first kappa shape index (κ1) is 25.4. The molecule has 0 bridgehead atoms. The summed E-state index contributed by atoms with van der Waals surface area (Å²) in [5.74, 6) is -0.464. The van der Waals surface area contributed by atoms with Crippen molar-refractivity contribution in [3.63, 3.8) is 0 Å². The molecular formula is C26H43NO2. The molecule has 0 aliphatic rings. The van der Waals surface area contributed by atoms with E-state index in [2.05, 4.69) is 12.2 Å². The maximum atomic E-state index is 11.3. The highest BCUT2D eigenvalue weighted by Crippen LogP contribution is 2.14. The molecule has 1 N–H and O–H groups in total. The minimum atomic E-state index is -0.464. The highest BCUT2D eigenvalue weighted by molar-refractivity contribution is 6.33. The van der Waals surface area contributed by atoms with Crippen molar-refractivity contribution in [2.45, 2.75) is 110 Å². The molecule has 0 amide bonds. The van der Waals surface area contributed by atoms with Gasteiger partial charge >= 0.3 is 0 Å². The Balaban J connectivity index is 1.82. The van der Waals surface area contributed by atoms with Crippen molar-refractivity contribution in [2.24, 2.45) is 0 Å². The first-order chi connectivity index (χ1) is 14.3. The van der Waals surface area contributed by atoms with Crippen LogP contribution in [0.4, 0.5) is 5.69 Å². The lowest BCUT2D eigenvalue weighted by molar-refractivity contribution is -0.104. The van der Waals surface area contributed by atoms with Gasteiger partial charge < -0.3 is 5.32 Å². The van der Waals surface area contributed by atoms with Gasteiger partial charge in [-0.25, -0.2) is 0 Å². The summed E-state index contributed by atoms with van der Waals surface area (Å²) in [6, 6.07) is 7.13. The van der Waals surface area contributed by atoms with Gasteiger partial charge in [-0.1, -0.05) is 103 Å². The number of hydrogen-bond donors (Lipinski definition) is 1. The zero-order valence-corrected chi connectivity index (χ0v) is 18.7. The number of benzene rings is 1. The first-order valence-electron chi connectivity index (χ1n) is 12.1. The zero-order chi connectivity index (χ0) is 21.0. The molecule has 1 rings (SSSR count). The van der Waals surface area contributed by atoms with E-state index < -0.39 is 5.78 Å². The van der Waals surface area contributed by atoms with Crippen molar-refractivity contribution < 1.29 is 9.59 Å². The van der Waals surface area contributed by atoms with Gasteiger partial charge in [0.05, 0.1) is 0 Å². The van der Waals surface area contributed by atoms with E-state index >= 15 is 0 Å². The molecule has 3 heteroatoms. The summed E-state index contributed by atoms with van der Waals surface area (Å²) in [6.07, 6.45) is 22.5. The lowest BCUT2D eigenvalue weighted by atomic mass is 10.0. The summed E-state index contributed by atoms with van der Waals surface area (Å²) < 4.78 is 0. The minimum Gasteiger partial charge on any atom is -0.385 e. The fourth-order valence-electron chi connectivity index (χ4n) is 3.73. The molecule has 0 unspecified atom stereocenters. The molecule has 0 aliphatic carbocycles. The number of rotatable bonds is 20. The molecule has 0 atom stereocenters. The summed E-state index contributed by atoms with van der Waals surface area (Å²) in [5, 5.41) is 3.38. The van der Waals surface area contributed by atoms with E-state index in [1.165, 1.54) is 103 Å². The molecule has 0 heterocycles. The van der Waals surface area contributed by atoms with E-state index in [-0.39, 0.29) is 0 Å². The average Bonchev–Trinajstić information content (AvgIpc) is 2.75. The van der Waals surface area contributed by atoms with E-state index in [1.807, 2.05) is 12.1 Å². The maximum Gasteiger partial charge on any atom is 0.225 e. The Morgan fingerprint density at radius 3 is 1.52 bits per heavy atom. The van der Waals surface area contributed by atoms with Crippen LogP contribution in [0.1, 0.15) is 120 Å². The number of carbonyl (C=O) groups is 2. The Morgan fingerprint density at radius 1 is 0.690 bits per heavy atom. The molecule has 0 aromatic heterocycles. The number of carbonyl (C=O) groups excluding carboxylic acids is 2. The van der Waals surface area contributed by atoms with Gasteiger partial charge in [0.1, 0.15) is 0 Å². The average molecular weight is 402 g/mol. The lowest BCUT2D eigenvalue weighted by Crippen LogP contribution is -2.03. The quantitative estimate of drug-likeness (QED) is 0.105. The van der Waals surface area contributed by atoms with Crippen molar-refractivity contribution in [3.8, 4) is 0 Å². The van der Waals surface area contributed by atoms with Crippen LogP contribution in [0.3, 0.4) is 0 Å². The number of hydrogen-bond acceptors (Lipinski definition) is 3. The Morgan fingerprint density at radius 2 is 1.10 bits per heavy atom. The van der Waals surface area contributed by atoms with E-state index in [1.54, 1.807) is 12.1 Å². The third-order valence-electron chi connectivity index (χ3n) is 5.64. The third kappa shape index (κ3) is 14.1. The van der Waals surface area contributed by atoms with Gasteiger partial charge in [0.2, 0.25) is 5.78 Å². The predicted octanol–water partition coefficient (Wildman–Crippen LogP) is 7.74. The van der Waals surface area contributed by atoms with Crippen molar-refractivity contribution >= 4 is 17.8 Å². The van der Waals surface area contributed by atoms with Crippen LogP contribution in [0.5, 0.6) is 0 Å². The molecule has 0 spiro atoms. The normalized spacial score (nSPS) is 10.8. The van der Waals surface area contributed by atoms with Gasteiger partial charge in [0, 0.05) is 17.8 Å². The predicted molar refractivity (Wildman–Crippen MR) is 125 cm³/mol. The van der Waals surface area contributed by atoms with Gasteiger partial charge in [0.25, 0.3) is 0 Å². The van der Waals surface area contributed by atoms with Crippen LogP contribution in [0.2, 0.25) is 0 Å². The number of unbranched alkanes of at least 4 members (excludes halogenated alkanes) is 15. The van der Waals surface area contributed by atoms with Crippen LogP contribution < -0.4 is 5.32 Å². The molecular weight excluding hydrogens is 358 g/mol. The molecule has 0 aliphatic heterocycles. The molecule has 1 aromatic carbocycles. The topological polar surface area (TPSA) is 46.2 Å². The van der Waals surface area contributed by atoms with Crippen LogP contribution in [0.15, 0.2) is 24.3 Å². The number of aldehydes is 1. The van der Waals surface area contributed by atoms with Gasteiger partial charge in [-0.3, -0.25) is 9.59 Å². The van der Waals surface area contributed by atoms with Gasteiger partial charge in [-0.05, 0) is 30.7 Å². The van der Waals surface area contributed by atoms with Crippen molar-refractivity contribution in [1.29, 1.82) is 0 Å². The fourth-order valence-corrected chi connectivity index (χ4v) is 3.73. The fraction of sp³-hybridized carbons (Fsp3) is 0.692. The molecule has 0 saturated heterocycles. The Bertz CT molecular complexity index is 524. The van der Waals surface area contributed by atoms with E-state index in [0.29, 0.717) is 11.8 Å². The second-order valence-corrected chi connectivity index (χ2v) is 8.29. The van der Waals surface area contributed by atoms with Crippen LogP contribution in [0, 0.1) is 0 Å². The standard InChI is InChI=1S/C26H43NO2/c1-2-3-4-5-6-7-8-9-10-11-12-13-14-15-16-17-22-27-25-20-18-24(19-21-25)26(29)23-28/h18-21,23,27H,2-17,22H2,1H3. The number of anilines is 1. The van der Waals surface area contributed by atoms with Crippen LogP contribution in [0.25, 0.3) is 0 Å². The Kier molecular flexibility index (Phi) is 16.1. The highest BCUT2D eigenvalue weighted by atomic mass is 16.2. The monoisotopic (exact) mass is 401 g/mol. The number of ketones is 1. The van der Waals surface area contributed by atoms with Gasteiger partial charge in [-0.15, -0.1) is 0 Å². The first-order valence-corrected chi connectivity index (χ1v) is 12.1.